The first-order chi connectivity index (χ1) is 10.1. The number of rotatable bonds is 5. The maximum atomic E-state index is 12.0. The van der Waals surface area contributed by atoms with Crippen LogP contribution < -0.4 is 16.5 Å². The number of nitrogens with one attached hydrogen (secondary N) is 2. The van der Waals surface area contributed by atoms with Crippen LogP contribution >= 0.6 is 23.1 Å². The SMILES string of the molecule is CCNC(=O)c1sc(NN2CCN(C)CC2)c(SC)c1N. The maximum Gasteiger partial charge on any atom is 0.263 e. The van der Waals surface area contributed by atoms with Gasteiger partial charge in [-0.3, -0.25) is 4.79 Å². The topological polar surface area (TPSA) is 73.6 Å². The van der Waals surface area contributed by atoms with Crippen LogP contribution in [0, 0.1) is 0 Å². The van der Waals surface area contributed by atoms with Crippen LogP contribution in [0.25, 0.3) is 0 Å². The fraction of sp³-hybridized carbons (Fsp3) is 0.615. The average Bonchev–Trinajstić information content (AvgIpc) is 2.78. The summed E-state index contributed by atoms with van der Waals surface area (Å²) in [5, 5.41) is 5.96. The summed E-state index contributed by atoms with van der Waals surface area (Å²) in [6.45, 7) is 6.49. The van der Waals surface area contributed by atoms with E-state index in [2.05, 4.69) is 27.7 Å². The molecule has 21 heavy (non-hydrogen) atoms. The Morgan fingerprint density at radius 1 is 1.38 bits per heavy atom. The summed E-state index contributed by atoms with van der Waals surface area (Å²) in [7, 11) is 2.13. The number of carbonyl (C=O) groups excluding carboxylic acids is 1. The number of anilines is 2. The lowest BCUT2D eigenvalue weighted by Gasteiger charge is -2.32. The lowest BCUT2D eigenvalue weighted by Crippen LogP contribution is -2.46. The van der Waals surface area contributed by atoms with Crippen molar-refractivity contribution in [1.82, 2.24) is 15.2 Å². The van der Waals surface area contributed by atoms with Crippen molar-refractivity contribution in [2.75, 3.05) is 57.2 Å². The second kappa shape index (κ2) is 7.35. The summed E-state index contributed by atoms with van der Waals surface area (Å²) in [5.74, 6) is -0.0956. The van der Waals surface area contributed by atoms with E-state index < -0.39 is 0 Å². The van der Waals surface area contributed by atoms with E-state index >= 15 is 0 Å². The van der Waals surface area contributed by atoms with Gasteiger partial charge < -0.3 is 21.4 Å². The summed E-state index contributed by atoms with van der Waals surface area (Å²) < 4.78 is 0. The number of amides is 1. The summed E-state index contributed by atoms with van der Waals surface area (Å²) in [5.41, 5.74) is 10.1. The Balaban J connectivity index is 2.15. The van der Waals surface area contributed by atoms with Gasteiger partial charge in [0.05, 0.1) is 10.6 Å². The van der Waals surface area contributed by atoms with Gasteiger partial charge in [-0.15, -0.1) is 23.1 Å². The second-order valence-corrected chi connectivity index (χ2v) is 6.81. The molecule has 4 N–H and O–H groups in total. The monoisotopic (exact) mass is 329 g/mol. The molecule has 0 unspecified atom stereocenters. The molecule has 1 fully saturated rings. The van der Waals surface area contributed by atoms with Gasteiger partial charge in [-0.25, -0.2) is 5.01 Å². The Labute approximate surface area is 134 Å². The first kappa shape index (κ1) is 16.4. The van der Waals surface area contributed by atoms with Crippen molar-refractivity contribution < 1.29 is 4.79 Å². The lowest BCUT2D eigenvalue weighted by atomic mass is 10.3. The number of piperazine rings is 1. The van der Waals surface area contributed by atoms with Crippen molar-refractivity contribution in [3.05, 3.63) is 4.88 Å². The first-order valence-electron chi connectivity index (χ1n) is 7.01. The quantitative estimate of drug-likeness (QED) is 0.709. The highest BCUT2D eigenvalue weighted by Gasteiger charge is 2.22. The van der Waals surface area contributed by atoms with E-state index in [1.807, 2.05) is 13.2 Å². The molecule has 118 valence electrons. The van der Waals surface area contributed by atoms with E-state index in [0.717, 1.165) is 36.1 Å². The van der Waals surface area contributed by atoms with Gasteiger partial charge in [0.25, 0.3) is 5.91 Å². The van der Waals surface area contributed by atoms with E-state index in [4.69, 9.17) is 5.73 Å². The molecule has 0 aliphatic carbocycles. The van der Waals surface area contributed by atoms with Gasteiger partial charge in [0.1, 0.15) is 9.88 Å². The largest absolute Gasteiger partial charge is 0.396 e. The number of hydrogen-bond acceptors (Lipinski definition) is 7. The molecule has 1 aromatic rings. The molecule has 0 aromatic carbocycles. The zero-order chi connectivity index (χ0) is 15.4. The van der Waals surface area contributed by atoms with E-state index in [-0.39, 0.29) is 5.91 Å². The van der Waals surface area contributed by atoms with Crippen LogP contribution in [0.15, 0.2) is 4.90 Å². The van der Waals surface area contributed by atoms with E-state index in [1.54, 1.807) is 11.8 Å². The van der Waals surface area contributed by atoms with Crippen LogP contribution in [0.4, 0.5) is 10.7 Å². The normalized spacial score (nSPS) is 16.9. The van der Waals surface area contributed by atoms with Crippen LogP contribution in [-0.2, 0) is 0 Å². The number of nitrogens with two attached hydrogens (primary N) is 1. The van der Waals surface area contributed by atoms with E-state index in [1.165, 1.54) is 11.3 Å². The Bertz CT molecular complexity index is 497. The number of hydrazine groups is 1. The summed E-state index contributed by atoms with van der Waals surface area (Å²) in [6, 6.07) is 0. The molecule has 8 heteroatoms. The molecule has 0 saturated carbocycles. The van der Waals surface area contributed by atoms with Gasteiger partial charge in [-0.05, 0) is 20.2 Å². The Kier molecular flexibility index (Phi) is 5.74. The zero-order valence-electron chi connectivity index (χ0n) is 12.7. The third-order valence-electron chi connectivity index (χ3n) is 3.41. The molecule has 2 heterocycles. The fourth-order valence-corrected chi connectivity index (χ4v) is 4.13. The fourth-order valence-electron chi connectivity index (χ4n) is 2.18. The van der Waals surface area contributed by atoms with Crippen molar-refractivity contribution in [2.24, 2.45) is 0 Å². The summed E-state index contributed by atoms with van der Waals surface area (Å²) >= 11 is 3.00. The van der Waals surface area contributed by atoms with Crippen LogP contribution in [0.2, 0.25) is 0 Å². The lowest BCUT2D eigenvalue weighted by molar-refractivity contribution is 0.0960. The van der Waals surface area contributed by atoms with Gasteiger partial charge in [-0.1, -0.05) is 0 Å². The zero-order valence-corrected chi connectivity index (χ0v) is 14.4. The van der Waals surface area contributed by atoms with Gasteiger partial charge >= 0.3 is 0 Å². The molecule has 1 aromatic heterocycles. The smallest absolute Gasteiger partial charge is 0.263 e. The predicted molar refractivity (Wildman–Crippen MR) is 91.2 cm³/mol. The Morgan fingerprint density at radius 2 is 2.05 bits per heavy atom. The Hall–Kier alpha value is -0.960. The molecule has 1 aliphatic heterocycles. The summed E-state index contributed by atoms with van der Waals surface area (Å²) in [4.78, 5) is 15.9. The molecule has 1 aliphatic rings. The molecule has 6 nitrogen and oxygen atoms in total. The number of likely N-dealkylation sites (N-methyl/N-ethyl adjacent to an activating group) is 1. The summed E-state index contributed by atoms with van der Waals surface area (Å²) in [6.07, 6.45) is 1.98. The third-order valence-corrected chi connectivity index (χ3v) is 5.48. The highest BCUT2D eigenvalue weighted by Crippen LogP contribution is 2.41. The molecule has 1 amide bonds. The Morgan fingerprint density at radius 3 is 2.62 bits per heavy atom. The number of thioether (sulfide) groups is 1. The molecule has 0 spiro atoms. The minimum atomic E-state index is -0.0956. The average molecular weight is 329 g/mol. The van der Waals surface area contributed by atoms with Crippen molar-refractivity contribution in [3.8, 4) is 0 Å². The third kappa shape index (κ3) is 3.82. The standard InChI is InChI=1S/C13H23N5OS2/c1-4-15-12(19)10-9(14)11(20-3)13(21-10)16-18-7-5-17(2)6-8-18/h16H,4-8,14H2,1-3H3,(H,15,19). The van der Waals surface area contributed by atoms with E-state index in [9.17, 15) is 4.79 Å². The van der Waals surface area contributed by atoms with Gasteiger partial charge in [0.15, 0.2) is 0 Å². The van der Waals surface area contributed by atoms with Crippen molar-refractivity contribution in [3.63, 3.8) is 0 Å². The van der Waals surface area contributed by atoms with Gasteiger partial charge in [0, 0.05) is 32.7 Å². The highest BCUT2D eigenvalue weighted by atomic mass is 32.2. The van der Waals surface area contributed by atoms with Crippen molar-refractivity contribution in [2.45, 2.75) is 11.8 Å². The molecule has 0 radical (unpaired) electrons. The number of thiophene rings is 1. The van der Waals surface area contributed by atoms with Gasteiger partial charge in [0.2, 0.25) is 0 Å². The van der Waals surface area contributed by atoms with Crippen LogP contribution in [0.3, 0.4) is 0 Å². The molecule has 0 atom stereocenters. The van der Waals surface area contributed by atoms with Crippen molar-refractivity contribution in [1.29, 1.82) is 0 Å². The van der Waals surface area contributed by atoms with Gasteiger partial charge in [-0.2, -0.15) is 0 Å². The molecular formula is C13H23N5OS2. The minimum absolute atomic E-state index is 0.0956. The maximum absolute atomic E-state index is 12.0. The number of hydrogen-bond donors (Lipinski definition) is 3. The van der Waals surface area contributed by atoms with Crippen LogP contribution in [0.5, 0.6) is 0 Å². The first-order valence-corrected chi connectivity index (χ1v) is 9.05. The molecule has 0 bridgehead atoms. The molecule has 1 saturated heterocycles. The van der Waals surface area contributed by atoms with Crippen LogP contribution in [0.1, 0.15) is 16.6 Å². The van der Waals surface area contributed by atoms with E-state index in [0.29, 0.717) is 17.1 Å². The molecule has 2 rings (SSSR count). The number of nitrogens with zero attached hydrogens (tertiary/aromatic N) is 2. The highest BCUT2D eigenvalue weighted by molar-refractivity contribution is 7.99. The predicted octanol–water partition coefficient (Wildman–Crippen LogP) is 1.38. The molecular weight excluding hydrogens is 306 g/mol. The number of carbonyl (C=O) groups is 1. The second-order valence-electron chi connectivity index (χ2n) is 4.97. The minimum Gasteiger partial charge on any atom is -0.396 e. The van der Waals surface area contributed by atoms with Crippen molar-refractivity contribution >= 4 is 39.7 Å². The number of nitrogen functional groups attached to an aromatic ring is 1. The van der Waals surface area contributed by atoms with Crippen LogP contribution in [-0.4, -0.2) is 61.8 Å².